The highest BCUT2D eigenvalue weighted by Crippen LogP contribution is 2.39. The van der Waals surface area contributed by atoms with Gasteiger partial charge in [0.2, 0.25) is 5.91 Å². The molecule has 1 N–H and O–H groups in total. The number of carbonyl (C=O) groups excluding carboxylic acids is 1. The number of rotatable bonds is 4. The number of hydrogen-bond donors (Lipinski definition) is 1. The van der Waals surface area contributed by atoms with Crippen LogP contribution in [0.2, 0.25) is 0 Å². The van der Waals surface area contributed by atoms with Crippen LogP contribution < -0.4 is 4.90 Å². The highest BCUT2D eigenvalue weighted by molar-refractivity contribution is 5.90. The van der Waals surface area contributed by atoms with Gasteiger partial charge in [-0.1, -0.05) is 0 Å². The number of pyridine rings is 1. The molecule has 1 aromatic rings. The zero-order valence-corrected chi connectivity index (χ0v) is 19.9. The average Bonchev–Trinajstić information content (AvgIpc) is 3.22. The Morgan fingerprint density at radius 3 is 2.32 bits per heavy atom. The van der Waals surface area contributed by atoms with Crippen LogP contribution in [0.15, 0.2) is 29.5 Å². The first kappa shape index (κ1) is 23.1. The monoisotopic (exact) mass is 469 g/mol. The van der Waals surface area contributed by atoms with Crippen LogP contribution in [0, 0.1) is 5.92 Å². The number of carboxylic acid groups (broad SMARTS) is 1. The molecule has 0 radical (unpaired) electrons. The highest BCUT2D eigenvalue weighted by Gasteiger charge is 2.51. The minimum Gasteiger partial charge on any atom is -0.481 e. The van der Waals surface area contributed by atoms with Crippen molar-refractivity contribution in [1.29, 1.82) is 0 Å². The lowest BCUT2D eigenvalue weighted by Gasteiger charge is -2.45. The van der Waals surface area contributed by atoms with Gasteiger partial charge in [0.25, 0.3) is 6.02 Å². The summed E-state index contributed by atoms with van der Waals surface area (Å²) in [6, 6.07) is 5.35. The largest absolute Gasteiger partial charge is 0.481 e. The van der Waals surface area contributed by atoms with Crippen LogP contribution >= 0.6 is 0 Å². The van der Waals surface area contributed by atoms with Crippen molar-refractivity contribution in [3.05, 3.63) is 24.5 Å². The van der Waals surface area contributed by atoms with Crippen molar-refractivity contribution >= 4 is 23.6 Å². The smallest absolute Gasteiger partial charge is 0.306 e. The summed E-state index contributed by atoms with van der Waals surface area (Å²) in [5, 5.41) is 9.37. The lowest BCUT2D eigenvalue weighted by atomic mass is 9.84. The first-order valence-electron chi connectivity index (χ1n) is 12.7. The molecule has 9 heteroatoms. The summed E-state index contributed by atoms with van der Waals surface area (Å²) in [7, 11) is 0. The molecule has 4 aliphatic rings. The molecule has 1 aromatic heterocycles. The number of hydrogen-bond acceptors (Lipinski definition) is 6. The molecular weight excluding hydrogens is 434 g/mol. The molecule has 3 atom stereocenters. The molecule has 0 bridgehead atoms. The van der Waals surface area contributed by atoms with Crippen LogP contribution in [0.3, 0.4) is 0 Å². The molecule has 1 amide bonds. The lowest BCUT2D eigenvalue weighted by molar-refractivity contribution is -0.143. The van der Waals surface area contributed by atoms with Crippen LogP contribution in [-0.4, -0.2) is 88.2 Å². The lowest BCUT2D eigenvalue weighted by Crippen LogP contribution is -2.56. The molecule has 3 saturated heterocycles. The van der Waals surface area contributed by atoms with Crippen molar-refractivity contribution in [3.63, 3.8) is 0 Å². The number of aliphatic imine (C=N–C) groups is 1. The van der Waals surface area contributed by atoms with Crippen LogP contribution in [0.4, 0.5) is 5.69 Å². The van der Waals surface area contributed by atoms with E-state index < -0.39 is 5.97 Å². The van der Waals surface area contributed by atoms with E-state index in [-0.39, 0.29) is 30.0 Å². The average molecular weight is 470 g/mol. The Bertz CT molecular complexity index is 909. The number of carbonyl (C=O) groups is 2. The van der Waals surface area contributed by atoms with E-state index in [2.05, 4.69) is 36.8 Å². The Labute approximate surface area is 200 Å². The fourth-order valence-corrected chi connectivity index (χ4v) is 6.37. The van der Waals surface area contributed by atoms with Crippen LogP contribution in [-0.2, 0) is 14.3 Å². The summed E-state index contributed by atoms with van der Waals surface area (Å²) in [5.41, 5.74) is 1.20. The fraction of sp³-hybridized carbons (Fsp3) is 0.680. The van der Waals surface area contributed by atoms with Gasteiger partial charge in [0.05, 0.1) is 12.0 Å². The first-order valence-corrected chi connectivity index (χ1v) is 12.7. The summed E-state index contributed by atoms with van der Waals surface area (Å²) in [6.07, 6.45) is 10.2. The van der Waals surface area contributed by atoms with Crippen molar-refractivity contribution in [2.45, 2.75) is 76.1 Å². The maximum Gasteiger partial charge on any atom is 0.306 e. The van der Waals surface area contributed by atoms with Gasteiger partial charge in [-0.25, -0.2) is 0 Å². The summed E-state index contributed by atoms with van der Waals surface area (Å²) in [4.78, 5) is 39.0. The SMILES string of the molecule is CC(=O)N=C1OC2C(N3CCC(C(=O)O)CC3)CCCC2N1C1CCN(c2ccncc2)CC1. The van der Waals surface area contributed by atoms with E-state index in [0.29, 0.717) is 24.9 Å². The third-order valence-electron chi connectivity index (χ3n) is 8.06. The summed E-state index contributed by atoms with van der Waals surface area (Å²) in [5.74, 6) is -1.15. The molecule has 1 aliphatic carbocycles. The number of amidine groups is 1. The molecule has 1 saturated carbocycles. The van der Waals surface area contributed by atoms with Crippen LogP contribution in [0.1, 0.15) is 51.9 Å². The van der Waals surface area contributed by atoms with Gasteiger partial charge in [0, 0.05) is 50.2 Å². The summed E-state index contributed by atoms with van der Waals surface area (Å²) in [6.45, 7) is 4.95. The van der Waals surface area contributed by atoms with Crippen molar-refractivity contribution in [2.24, 2.45) is 10.9 Å². The number of ether oxygens (including phenoxy) is 1. The molecule has 9 nitrogen and oxygen atoms in total. The predicted octanol–water partition coefficient (Wildman–Crippen LogP) is 2.37. The number of nitrogens with zero attached hydrogens (tertiary/aromatic N) is 5. The van der Waals surface area contributed by atoms with Gasteiger partial charge in [-0.2, -0.15) is 4.99 Å². The summed E-state index contributed by atoms with van der Waals surface area (Å²) < 4.78 is 6.47. The second-order valence-electron chi connectivity index (χ2n) is 10.0. The maximum atomic E-state index is 12.0. The van der Waals surface area contributed by atoms with Gasteiger partial charge >= 0.3 is 5.97 Å². The number of carboxylic acids is 1. The summed E-state index contributed by atoms with van der Waals surface area (Å²) >= 11 is 0. The standard InChI is InChI=1S/C25H35N5O4/c1-17(31)27-25-30(20-9-15-28(16-10-20)19-5-11-26-12-6-19)22-4-2-3-21(23(22)34-25)29-13-7-18(8-14-29)24(32)33/h5-6,11-12,18,20-23H,2-4,7-10,13-16H2,1H3,(H,32,33). The predicted molar refractivity (Wildman–Crippen MR) is 128 cm³/mol. The molecule has 3 unspecified atom stereocenters. The second-order valence-corrected chi connectivity index (χ2v) is 10.0. The van der Waals surface area contributed by atoms with E-state index in [9.17, 15) is 14.7 Å². The van der Waals surface area contributed by atoms with E-state index in [4.69, 9.17) is 4.74 Å². The Balaban J connectivity index is 1.30. The van der Waals surface area contributed by atoms with E-state index >= 15 is 0 Å². The van der Waals surface area contributed by atoms with E-state index in [1.54, 1.807) is 0 Å². The van der Waals surface area contributed by atoms with Gasteiger partial charge in [-0.05, 0) is 70.2 Å². The molecule has 3 aliphatic heterocycles. The Morgan fingerprint density at radius 1 is 1.00 bits per heavy atom. The molecular formula is C25H35N5O4. The molecule has 0 aromatic carbocycles. The Kier molecular flexibility index (Phi) is 6.72. The zero-order valence-electron chi connectivity index (χ0n) is 19.9. The van der Waals surface area contributed by atoms with E-state index in [1.165, 1.54) is 12.6 Å². The molecule has 4 heterocycles. The van der Waals surface area contributed by atoms with Crippen molar-refractivity contribution in [2.75, 3.05) is 31.1 Å². The van der Waals surface area contributed by atoms with Gasteiger partial charge in [-0.15, -0.1) is 0 Å². The minimum absolute atomic E-state index is 0.0218. The number of anilines is 1. The van der Waals surface area contributed by atoms with Gasteiger partial charge in [-0.3, -0.25) is 19.5 Å². The molecule has 184 valence electrons. The van der Waals surface area contributed by atoms with Crippen LogP contribution in [0.25, 0.3) is 0 Å². The number of fused-ring (bicyclic) bond motifs is 1. The zero-order chi connectivity index (χ0) is 23.7. The topological polar surface area (TPSA) is 98.6 Å². The molecule has 34 heavy (non-hydrogen) atoms. The Hall–Kier alpha value is -2.68. The second kappa shape index (κ2) is 9.90. The van der Waals surface area contributed by atoms with Crippen molar-refractivity contribution in [3.8, 4) is 0 Å². The molecule has 0 spiro atoms. The van der Waals surface area contributed by atoms with Gasteiger partial charge < -0.3 is 19.6 Å². The number of amides is 1. The number of likely N-dealkylation sites (tertiary alicyclic amines) is 1. The highest BCUT2D eigenvalue weighted by atomic mass is 16.5. The third-order valence-corrected chi connectivity index (χ3v) is 8.06. The van der Waals surface area contributed by atoms with Gasteiger partial charge in [0.15, 0.2) is 0 Å². The Morgan fingerprint density at radius 2 is 1.68 bits per heavy atom. The number of piperidine rings is 2. The van der Waals surface area contributed by atoms with Crippen molar-refractivity contribution < 1.29 is 19.4 Å². The first-order chi connectivity index (χ1) is 16.5. The minimum atomic E-state index is -0.682. The fourth-order valence-electron chi connectivity index (χ4n) is 6.37. The molecule has 4 fully saturated rings. The maximum absolute atomic E-state index is 12.0. The number of aliphatic carboxylic acids is 1. The third kappa shape index (κ3) is 4.62. The van der Waals surface area contributed by atoms with E-state index in [1.807, 2.05) is 12.4 Å². The molecule has 5 rings (SSSR count). The van der Waals surface area contributed by atoms with Crippen molar-refractivity contribution in [1.82, 2.24) is 14.8 Å². The quantitative estimate of drug-likeness (QED) is 0.718. The van der Waals surface area contributed by atoms with E-state index in [0.717, 1.165) is 58.3 Å². The van der Waals surface area contributed by atoms with Crippen LogP contribution in [0.5, 0.6) is 0 Å². The number of aromatic nitrogens is 1. The van der Waals surface area contributed by atoms with Gasteiger partial charge in [0.1, 0.15) is 6.10 Å². The normalized spacial score (nSPS) is 30.3.